The van der Waals surface area contributed by atoms with Crippen molar-refractivity contribution < 1.29 is 9.90 Å². The lowest BCUT2D eigenvalue weighted by molar-refractivity contribution is 0.0696. The Morgan fingerprint density at radius 2 is 2.14 bits per heavy atom. The summed E-state index contributed by atoms with van der Waals surface area (Å²) < 4.78 is 1.07. The molecule has 14 heavy (non-hydrogen) atoms. The number of benzene rings is 1. The molecule has 0 unspecified atom stereocenters. The molecule has 0 aliphatic rings. The highest BCUT2D eigenvalue weighted by Crippen LogP contribution is 2.16. The predicted octanol–water partition coefficient (Wildman–Crippen LogP) is 2.54. The number of fused-ring (bicyclic) bond motifs is 1. The van der Waals surface area contributed by atoms with Gasteiger partial charge < -0.3 is 5.11 Å². The molecule has 0 saturated heterocycles. The van der Waals surface area contributed by atoms with Crippen LogP contribution in [-0.4, -0.2) is 16.1 Å². The second kappa shape index (κ2) is 3.53. The summed E-state index contributed by atoms with van der Waals surface area (Å²) >= 11 is 2.18. The summed E-state index contributed by atoms with van der Waals surface area (Å²) in [6, 6.07) is 7.36. The summed E-state index contributed by atoms with van der Waals surface area (Å²) in [6.07, 6.45) is 1.37. The lowest BCUT2D eigenvalue weighted by atomic mass is 10.2. The zero-order valence-corrected chi connectivity index (χ0v) is 9.22. The third-order valence-corrected chi connectivity index (χ3v) is 2.56. The van der Waals surface area contributed by atoms with Gasteiger partial charge in [0, 0.05) is 15.2 Å². The fourth-order valence-corrected chi connectivity index (χ4v) is 1.73. The summed E-state index contributed by atoms with van der Waals surface area (Å²) in [7, 11) is 0. The van der Waals surface area contributed by atoms with Gasteiger partial charge in [0.1, 0.15) is 0 Å². The van der Waals surface area contributed by atoms with Gasteiger partial charge in [-0.05, 0) is 46.9 Å². The van der Waals surface area contributed by atoms with Crippen LogP contribution in [-0.2, 0) is 0 Å². The van der Waals surface area contributed by atoms with E-state index in [1.165, 1.54) is 6.20 Å². The molecule has 0 radical (unpaired) electrons. The van der Waals surface area contributed by atoms with Crippen LogP contribution in [0.5, 0.6) is 0 Å². The molecule has 1 heterocycles. The van der Waals surface area contributed by atoms with Crippen molar-refractivity contribution in [1.29, 1.82) is 0 Å². The topological polar surface area (TPSA) is 50.2 Å². The molecular formula is C10H6INO2. The molecule has 0 bridgehead atoms. The van der Waals surface area contributed by atoms with Crippen molar-refractivity contribution >= 4 is 39.5 Å². The van der Waals surface area contributed by atoms with Crippen molar-refractivity contribution in [2.24, 2.45) is 0 Å². The Morgan fingerprint density at radius 3 is 2.86 bits per heavy atom. The lowest BCUT2D eigenvalue weighted by Crippen LogP contribution is -1.96. The number of rotatable bonds is 1. The number of hydrogen-bond donors (Lipinski definition) is 1. The molecule has 0 amide bonds. The zero-order chi connectivity index (χ0) is 10.1. The molecule has 0 aliphatic carbocycles. The van der Waals surface area contributed by atoms with Gasteiger partial charge in [-0.15, -0.1) is 0 Å². The number of hydrogen-bond acceptors (Lipinski definition) is 2. The number of aromatic carboxylic acids is 1. The summed E-state index contributed by atoms with van der Waals surface area (Å²) in [6.45, 7) is 0. The van der Waals surface area contributed by atoms with Crippen molar-refractivity contribution in [3.63, 3.8) is 0 Å². The number of nitrogens with zero attached hydrogens (tertiary/aromatic N) is 1. The van der Waals surface area contributed by atoms with Gasteiger partial charge in [-0.1, -0.05) is 0 Å². The number of pyridine rings is 1. The first-order valence-electron chi connectivity index (χ1n) is 3.95. The molecule has 2 aromatic rings. The Labute approximate surface area is 93.9 Å². The number of carboxylic acid groups (broad SMARTS) is 1. The van der Waals surface area contributed by atoms with Gasteiger partial charge in [-0.2, -0.15) is 0 Å². The van der Waals surface area contributed by atoms with Crippen LogP contribution in [0.2, 0.25) is 0 Å². The Morgan fingerprint density at radius 1 is 1.36 bits per heavy atom. The SMILES string of the molecule is O=C(O)c1cnc2ccc(I)cc2c1. The predicted molar refractivity (Wildman–Crippen MR) is 61.4 cm³/mol. The monoisotopic (exact) mass is 299 g/mol. The molecule has 0 fully saturated rings. The van der Waals surface area contributed by atoms with Gasteiger partial charge in [0.15, 0.2) is 0 Å². The highest BCUT2D eigenvalue weighted by molar-refractivity contribution is 14.1. The van der Waals surface area contributed by atoms with Crippen LogP contribution in [0.25, 0.3) is 10.9 Å². The normalized spacial score (nSPS) is 10.4. The minimum atomic E-state index is -0.946. The van der Waals surface area contributed by atoms with E-state index < -0.39 is 5.97 Å². The lowest BCUT2D eigenvalue weighted by Gasteiger charge is -1.99. The molecule has 1 aromatic carbocycles. The van der Waals surface area contributed by atoms with Gasteiger partial charge >= 0.3 is 5.97 Å². The van der Waals surface area contributed by atoms with E-state index in [-0.39, 0.29) is 5.56 Å². The van der Waals surface area contributed by atoms with Crippen LogP contribution in [0.4, 0.5) is 0 Å². The Kier molecular flexibility index (Phi) is 2.37. The molecule has 2 rings (SSSR count). The van der Waals surface area contributed by atoms with Gasteiger partial charge in [0.25, 0.3) is 0 Å². The highest BCUT2D eigenvalue weighted by atomic mass is 127. The summed E-state index contributed by atoms with van der Waals surface area (Å²) in [5.74, 6) is -0.946. The average molecular weight is 299 g/mol. The van der Waals surface area contributed by atoms with Gasteiger partial charge in [0.05, 0.1) is 11.1 Å². The third-order valence-electron chi connectivity index (χ3n) is 1.89. The van der Waals surface area contributed by atoms with Crippen molar-refractivity contribution in [2.45, 2.75) is 0 Å². The number of halogens is 1. The first kappa shape index (κ1) is 9.39. The van der Waals surface area contributed by atoms with E-state index in [0.717, 1.165) is 14.5 Å². The van der Waals surface area contributed by atoms with Crippen LogP contribution in [0.15, 0.2) is 30.5 Å². The largest absolute Gasteiger partial charge is 0.478 e. The molecule has 3 nitrogen and oxygen atoms in total. The quantitative estimate of drug-likeness (QED) is 0.823. The van der Waals surface area contributed by atoms with E-state index in [1.807, 2.05) is 18.2 Å². The second-order valence-corrected chi connectivity index (χ2v) is 4.11. The van der Waals surface area contributed by atoms with Crippen LogP contribution >= 0.6 is 22.6 Å². The first-order valence-corrected chi connectivity index (χ1v) is 5.03. The molecule has 0 spiro atoms. The van der Waals surface area contributed by atoms with Crippen LogP contribution < -0.4 is 0 Å². The van der Waals surface area contributed by atoms with Crippen molar-refractivity contribution in [1.82, 2.24) is 4.98 Å². The molecule has 1 aromatic heterocycles. The highest BCUT2D eigenvalue weighted by Gasteiger charge is 2.04. The van der Waals surface area contributed by atoms with E-state index in [9.17, 15) is 4.79 Å². The molecule has 0 aliphatic heterocycles. The Balaban J connectivity index is 2.69. The van der Waals surface area contributed by atoms with Crippen LogP contribution in [0.1, 0.15) is 10.4 Å². The van der Waals surface area contributed by atoms with Gasteiger partial charge in [-0.3, -0.25) is 4.98 Å². The van der Waals surface area contributed by atoms with Crippen molar-refractivity contribution in [3.8, 4) is 0 Å². The molecule has 0 atom stereocenters. The van der Waals surface area contributed by atoms with Gasteiger partial charge in [0.2, 0.25) is 0 Å². The molecular weight excluding hydrogens is 293 g/mol. The standard InChI is InChI=1S/C10H6INO2/c11-8-1-2-9-6(4-8)3-7(5-12-9)10(13)14/h1-5H,(H,13,14). The second-order valence-electron chi connectivity index (χ2n) is 2.87. The van der Waals surface area contributed by atoms with E-state index in [4.69, 9.17) is 5.11 Å². The van der Waals surface area contributed by atoms with Crippen LogP contribution in [0.3, 0.4) is 0 Å². The number of carbonyl (C=O) groups is 1. The van der Waals surface area contributed by atoms with E-state index in [0.29, 0.717) is 0 Å². The third kappa shape index (κ3) is 1.70. The first-order chi connectivity index (χ1) is 6.66. The number of carboxylic acids is 1. The molecule has 4 heteroatoms. The summed E-state index contributed by atoms with van der Waals surface area (Å²) in [5.41, 5.74) is 1.04. The Hall–Kier alpha value is -1.17. The number of aromatic nitrogens is 1. The fraction of sp³-hybridized carbons (Fsp3) is 0. The maximum atomic E-state index is 10.7. The van der Waals surface area contributed by atoms with Crippen molar-refractivity contribution in [2.75, 3.05) is 0 Å². The smallest absolute Gasteiger partial charge is 0.337 e. The fourth-order valence-electron chi connectivity index (χ4n) is 1.22. The Bertz CT molecular complexity index is 510. The van der Waals surface area contributed by atoms with E-state index in [2.05, 4.69) is 27.6 Å². The zero-order valence-electron chi connectivity index (χ0n) is 7.07. The average Bonchev–Trinajstić information content (AvgIpc) is 2.16. The maximum Gasteiger partial charge on any atom is 0.337 e. The molecule has 1 N–H and O–H groups in total. The summed E-state index contributed by atoms with van der Waals surface area (Å²) in [5, 5.41) is 9.63. The van der Waals surface area contributed by atoms with Gasteiger partial charge in [-0.25, -0.2) is 4.79 Å². The molecule has 0 saturated carbocycles. The maximum absolute atomic E-state index is 10.7. The van der Waals surface area contributed by atoms with E-state index in [1.54, 1.807) is 6.07 Å². The minimum absolute atomic E-state index is 0.222. The van der Waals surface area contributed by atoms with Crippen LogP contribution in [0, 0.1) is 3.57 Å². The van der Waals surface area contributed by atoms with Crippen molar-refractivity contribution in [3.05, 3.63) is 39.6 Å². The minimum Gasteiger partial charge on any atom is -0.478 e. The summed E-state index contributed by atoms with van der Waals surface area (Å²) in [4.78, 5) is 14.7. The van der Waals surface area contributed by atoms with E-state index >= 15 is 0 Å². The molecule has 70 valence electrons.